The number of hydrogen-bond donors (Lipinski definition) is 1. The third-order valence-corrected chi connectivity index (χ3v) is 1.52. The fourth-order valence-corrected chi connectivity index (χ4v) is 0.947. The minimum Gasteiger partial charge on any atom is -0.388 e. The highest BCUT2D eigenvalue weighted by Crippen LogP contribution is 2.22. The fraction of sp³-hybridized carbons (Fsp3) is 0.857. The van der Waals surface area contributed by atoms with Gasteiger partial charge in [-0.2, -0.15) is 0 Å². The number of aliphatic hydroxyl groups is 1. The normalized spacial score (nSPS) is 28.8. The van der Waals surface area contributed by atoms with Crippen molar-refractivity contribution in [1.29, 1.82) is 0 Å². The molecule has 0 unspecified atom stereocenters. The maximum Gasteiger partial charge on any atom is 0.189 e. The summed E-state index contributed by atoms with van der Waals surface area (Å²) < 4.78 is 10.3. The summed E-state index contributed by atoms with van der Waals surface area (Å²) in [5.41, 5.74) is 0. The highest BCUT2D eigenvalue weighted by atomic mass is 16.7. The average molecular weight is 160 g/mol. The molecule has 1 rings (SSSR count). The smallest absolute Gasteiger partial charge is 0.189 e. The van der Waals surface area contributed by atoms with Crippen molar-refractivity contribution in [2.45, 2.75) is 25.7 Å². The van der Waals surface area contributed by atoms with Gasteiger partial charge in [-0.1, -0.05) is 0 Å². The first-order valence-corrected chi connectivity index (χ1v) is 3.50. The molecule has 1 fully saturated rings. The first kappa shape index (κ1) is 8.64. The van der Waals surface area contributed by atoms with Crippen LogP contribution < -0.4 is 0 Å². The lowest BCUT2D eigenvalue weighted by Crippen LogP contribution is -2.28. The van der Waals surface area contributed by atoms with Gasteiger partial charge in [-0.25, -0.2) is 0 Å². The molecule has 1 heterocycles. The zero-order valence-corrected chi connectivity index (χ0v) is 6.66. The summed E-state index contributed by atoms with van der Waals surface area (Å²) in [5, 5.41) is 8.48. The van der Waals surface area contributed by atoms with Crippen LogP contribution in [0.1, 0.15) is 13.8 Å². The molecule has 0 aliphatic carbocycles. The second-order valence-electron chi connectivity index (χ2n) is 2.94. The number of carbonyl (C=O) groups excluding carboxylic acids is 1. The van der Waals surface area contributed by atoms with Crippen molar-refractivity contribution in [3.05, 3.63) is 0 Å². The summed E-state index contributed by atoms with van der Waals surface area (Å²) in [6.07, 6.45) is -0.588. The van der Waals surface area contributed by atoms with E-state index in [2.05, 4.69) is 0 Å². The lowest BCUT2D eigenvalue weighted by Gasteiger charge is -2.15. The van der Waals surface area contributed by atoms with Crippen LogP contribution in [0.4, 0.5) is 0 Å². The molecule has 0 aromatic heterocycles. The minimum absolute atomic E-state index is 0.242. The van der Waals surface area contributed by atoms with Crippen LogP contribution in [0.25, 0.3) is 0 Å². The Hall–Kier alpha value is -0.450. The molecule has 0 aromatic carbocycles. The fourth-order valence-electron chi connectivity index (χ4n) is 0.947. The molecule has 0 amide bonds. The van der Waals surface area contributed by atoms with Crippen molar-refractivity contribution in [2.24, 2.45) is 0 Å². The van der Waals surface area contributed by atoms with E-state index in [-0.39, 0.29) is 12.4 Å². The molecule has 1 N–H and O–H groups in total. The Balaban J connectivity index is 2.48. The highest BCUT2D eigenvalue weighted by Gasteiger charge is 2.36. The minimum atomic E-state index is -0.685. The zero-order chi connectivity index (χ0) is 8.48. The van der Waals surface area contributed by atoms with Crippen molar-refractivity contribution in [1.82, 2.24) is 0 Å². The van der Waals surface area contributed by atoms with Crippen LogP contribution in [-0.2, 0) is 14.3 Å². The Morgan fingerprint density at radius 2 is 2.36 bits per heavy atom. The van der Waals surface area contributed by atoms with Crippen molar-refractivity contribution in [2.75, 3.05) is 13.2 Å². The quantitative estimate of drug-likeness (QED) is 0.602. The van der Waals surface area contributed by atoms with Crippen LogP contribution in [0.2, 0.25) is 0 Å². The predicted octanol–water partition coefficient (Wildman–Crippen LogP) is -0.301. The molecule has 0 spiro atoms. The van der Waals surface area contributed by atoms with E-state index in [9.17, 15) is 4.79 Å². The topological polar surface area (TPSA) is 55.8 Å². The molecule has 11 heavy (non-hydrogen) atoms. The molecule has 0 radical (unpaired) electrons. The molecular formula is C7H12O4. The Morgan fingerprint density at radius 3 is 2.73 bits per heavy atom. The first-order valence-electron chi connectivity index (χ1n) is 3.50. The second-order valence-corrected chi connectivity index (χ2v) is 2.94. The molecule has 1 aliphatic rings. The van der Waals surface area contributed by atoms with Crippen LogP contribution >= 0.6 is 0 Å². The van der Waals surface area contributed by atoms with Gasteiger partial charge in [0.2, 0.25) is 0 Å². The van der Waals surface area contributed by atoms with Gasteiger partial charge in [0, 0.05) is 0 Å². The third kappa shape index (κ3) is 1.99. The van der Waals surface area contributed by atoms with Gasteiger partial charge in [-0.15, -0.1) is 0 Å². The molecule has 1 aliphatic heterocycles. The number of carbonyl (C=O) groups is 1. The Bertz CT molecular complexity index is 164. The molecule has 64 valence electrons. The molecule has 4 nitrogen and oxygen atoms in total. The van der Waals surface area contributed by atoms with Crippen LogP contribution in [0.3, 0.4) is 0 Å². The van der Waals surface area contributed by atoms with Crippen molar-refractivity contribution >= 4 is 5.78 Å². The standard InChI is InChI=1S/C7H12O4/c1-7(2)10-4-6(11-7)5(9)3-8/h6,8H,3-4H2,1-2H3/t6-/m1/s1. The van der Waals surface area contributed by atoms with Gasteiger partial charge in [0.25, 0.3) is 0 Å². The Kier molecular flexibility index (Phi) is 2.27. The van der Waals surface area contributed by atoms with E-state index in [1.54, 1.807) is 13.8 Å². The number of aliphatic hydroxyl groups excluding tert-OH is 1. The third-order valence-electron chi connectivity index (χ3n) is 1.52. The van der Waals surface area contributed by atoms with E-state index in [4.69, 9.17) is 14.6 Å². The SMILES string of the molecule is CC1(C)OC[C@H](C(=O)CO)O1. The number of Topliss-reactive ketones (excluding diaryl/α,β-unsaturated/α-hetero) is 1. The second kappa shape index (κ2) is 2.89. The molecule has 4 heteroatoms. The summed E-state index contributed by atoms with van der Waals surface area (Å²) >= 11 is 0. The van der Waals surface area contributed by atoms with E-state index >= 15 is 0 Å². The van der Waals surface area contributed by atoms with Crippen LogP contribution in [0, 0.1) is 0 Å². The maximum atomic E-state index is 10.8. The Morgan fingerprint density at radius 1 is 1.73 bits per heavy atom. The molecular weight excluding hydrogens is 148 g/mol. The molecule has 0 saturated carbocycles. The van der Waals surface area contributed by atoms with Gasteiger partial charge in [0.05, 0.1) is 6.61 Å². The summed E-state index contributed by atoms with van der Waals surface area (Å²) in [7, 11) is 0. The van der Waals surface area contributed by atoms with E-state index < -0.39 is 18.5 Å². The largest absolute Gasteiger partial charge is 0.388 e. The average Bonchev–Trinajstić information content (AvgIpc) is 2.29. The molecule has 0 aromatic rings. The Labute approximate surface area is 65.1 Å². The van der Waals surface area contributed by atoms with Crippen LogP contribution in [0.5, 0.6) is 0 Å². The summed E-state index contributed by atoms with van der Waals surface area (Å²) in [4.78, 5) is 10.8. The summed E-state index contributed by atoms with van der Waals surface area (Å²) in [5.74, 6) is -1.01. The molecule has 1 atom stereocenters. The summed E-state index contributed by atoms with van der Waals surface area (Å²) in [6.45, 7) is 3.23. The summed E-state index contributed by atoms with van der Waals surface area (Å²) in [6, 6.07) is 0. The van der Waals surface area contributed by atoms with Crippen molar-refractivity contribution in [3.63, 3.8) is 0 Å². The highest BCUT2D eigenvalue weighted by molar-refractivity contribution is 5.84. The number of rotatable bonds is 2. The molecule has 1 saturated heterocycles. The van der Waals surface area contributed by atoms with Crippen LogP contribution in [-0.4, -0.2) is 36.0 Å². The van der Waals surface area contributed by atoms with Gasteiger partial charge in [0.1, 0.15) is 12.7 Å². The lowest BCUT2D eigenvalue weighted by atomic mass is 10.2. The van der Waals surface area contributed by atoms with E-state index in [0.717, 1.165) is 0 Å². The van der Waals surface area contributed by atoms with E-state index in [1.165, 1.54) is 0 Å². The lowest BCUT2D eigenvalue weighted by molar-refractivity contribution is -0.153. The van der Waals surface area contributed by atoms with Crippen molar-refractivity contribution < 1.29 is 19.4 Å². The zero-order valence-electron chi connectivity index (χ0n) is 6.66. The van der Waals surface area contributed by atoms with E-state index in [0.29, 0.717) is 0 Å². The predicted molar refractivity (Wildman–Crippen MR) is 37.0 cm³/mol. The van der Waals surface area contributed by atoms with Gasteiger partial charge in [-0.3, -0.25) is 4.79 Å². The first-order chi connectivity index (χ1) is 5.05. The number of ketones is 1. The van der Waals surface area contributed by atoms with Gasteiger partial charge < -0.3 is 14.6 Å². The number of hydrogen-bond acceptors (Lipinski definition) is 4. The number of ether oxygens (including phenoxy) is 2. The maximum absolute atomic E-state index is 10.8. The van der Waals surface area contributed by atoms with Gasteiger partial charge >= 0.3 is 0 Å². The van der Waals surface area contributed by atoms with E-state index in [1.807, 2.05) is 0 Å². The van der Waals surface area contributed by atoms with Crippen LogP contribution in [0.15, 0.2) is 0 Å². The van der Waals surface area contributed by atoms with Gasteiger partial charge in [-0.05, 0) is 13.8 Å². The molecule has 0 bridgehead atoms. The van der Waals surface area contributed by atoms with Gasteiger partial charge in [0.15, 0.2) is 11.6 Å². The monoisotopic (exact) mass is 160 g/mol. The van der Waals surface area contributed by atoms with Crippen molar-refractivity contribution in [3.8, 4) is 0 Å².